The Morgan fingerprint density at radius 1 is 1.18 bits per heavy atom. The highest BCUT2D eigenvalue weighted by atomic mass is 32.1. The van der Waals surface area contributed by atoms with Gasteiger partial charge in [0.1, 0.15) is 11.6 Å². The summed E-state index contributed by atoms with van der Waals surface area (Å²) in [6, 6.07) is 9.41. The number of thiol groups is 1. The Morgan fingerprint density at radius 2 is 1.77 bits per heavy atom. The molecule has 2 aromatic rings. The van der Waals surface area contributed by atoms with Gasteiger partial charge in [0.25, 0.3) is 0 Å². The molecule has 0 atom stereocenters. The molecule has 0 aliphatic heterocycles. The predicted molar refractivity (Wildman–Crippen MR) is 76.3 cm³/mol. The Morgan fingerprint density at radius 3 is 2.27 bits per heavy atom. The largest absolute Gasteiger partial charge is 0.449 e. The van der Waals surface area contributed by atoms with Gasteiger partial charge in [-0.1, -0.05) is 0 Å². The second-order valence-electron chi connectivity index (χ2n) is 4.07. The van der Waals surface area contributed by atoms with Gasteiger partial charge in [0.05, 0.1) is 33.1 Å². The van der Waals surface area contributed by atoms with Crippen molar-refractivity contribution in [2.24, 2.45) is 0 Å². The first-order valence-corrected chi connectivity index (χ1v) is 6.20. The minimum absolute atomic E-state index is 0.000370. The van der Waals surface area contributed by atoms with Crippen molar-refractivity contribution in [3.8, 4) is 23.6 Å². The standard InChI is InChI=1S/C14H6FN3O3S/c15-11-1-2-12(18(19)20)13(14(11)22)21-10-4-8(6-16)3-9(5-10)7-17/h1-5,22H. The predicted octanol–water partition coefficient (Wildman–Crippen LogP) is 3.56. The molecular weight excluding hydrogens is 309 g/mol. The second kappa shape index (κ2) is 6.12. The summed E-state index contributed by atoms with van der Waals surface area (Å²) in [4.78, 5) is 9.91. The number of benzene rings is 2. The van der Waals surface area contributed by atoms with Crippen LogP contribution in [0.3, 0.4) is 0 Å². The van der Waals surface area contributed by atoms with Crippen LogP contribution in [0.15, 0.2) is 35.2 Å². The molecule has 2 rings (SSSR count). The lowest BCUT2D eigenvalue weighted by molar-refractivity contribution is -0.385. The molecule has 0 amide bonds. The Hall–Kier alpha value is -3.10. The van der Waals surface area contributed by atoms with E-state index in [2.05, 4.69) is 12.6 Å². The molecule has 0 aliphatic rings. The lowest BCUT2D eigenvalue weighted by atomic mass is 10.1. The number of hydrogen-bond donors (Lipinski definition) is 1. The molecule has 0 radical (unpaired) electrons. The molecule has 6 nitrogen and oxygen atoms in total. The maximum Gasteiger partial charge on any atom is 0.312 e. The molecule has 8 heteroatoms. The van der Waals surface area contributed by atoms with Crippen LogP contribution in [0, 0.1) is 38.6 Å². The average Bonchev–Trinajstić information content (AvgIpc) is 2.51. The maximum atomic E-state index is 13.5. The van der Waals surface area contributed by atoms with Gasteiger partial charge in [-0.3, -0.25) is 10.1 Å². The Bertz CT molecular complexity index is 823. The van der Waals surface area contributed by atoms with Gasteiger partial charge in [-0.15, -0.1) is 12.6 Å². The number of nitrogens with zero attached hydrogens (tertiary/aromatic N) is 3. The van der Waals surface area contributed by atoms with E-state index >= 15 is 0 Å². The first-order chi connectivity index (χ1) is 10.5. The van der Waals surface area contributed by atoms with Gasteiger partial charge in [0.15, 0.2) is 0 Å². The summed E-state index contributed by atoms with van der Waals surface area (Å²) in [5.41, 5.74) is -0.213. The molecule has 0 saturated heterocycles. The van der Waals surface area contributed by atoms with Gasteiger partial charge in [0, 0.05) is 6.07 Å². The van der Waals surface area contributed by atoms with Crippen molar-refractivity contribution in [3.63, 3.8) is 0 Å². The maximum absolute atomic E-state index is 13.5. The molecule has 0 spiro atoms. The minimum atomic E-state index is -0.791. The SMILES string of the molecule is N#Cc1cc(C#N)cc(Oc2c([N+](=O)[O-])ccc(F)c2S)c1. The first kappa shape index (κ1) is 15.3. The van der Waals surface area contributed by atoms with Crippen molar-refractivity contribution in [2.75, 3.05) is 0 Å². The third kappa shape index (κ3) is 2.97. The van der Waals surface area contributed by atoms with E-state index in [1.807, 2.05) is 12.1 Å². The van der Waals surface area contributed by atoms with Crippen LogP contribution < -0.4 is 4.74 Å². The summed E-state index contributed by atoms with van der Waals surface area (Å²) in [6.45, 7) is 0. The lowest BCUT2D eigenvalue weighted by Crippen LogP contribution is -1.97. The molecular formula is C14H6FN3O3S. The molecule has 0 N–H and O–H groups in total. The normalized spacial score (nSPS) is 9.64. The van der Waals surface area contributed by atoms with Gasteiger partial charge >= 0.3 is 5.69 Å². The zero-order valence-corrected chi connectivity index (χ0v) is 11.7. The molecule has 0 bridgehead atoms. The number of ether oxygens (including phenoxy) is 1. The van der Waals surface area contributed by atoms with Crippen molar-refractivity contribution in [2.45, 2.75) is 4.90 Å². The van der Waals surface area contributed by atoms with E-state index in [1.165, 1.54) is 18.2 Å². The highest BCUT2D eigenvalue weighted by Gasteiger charge is 2.22. The van der Waals surface area contributed by atoms with Crippen LogP contribution in [0.5, 0.6) is 11.5 Å². The Labute approximate surface area is 129 Å². The van der Waals surface area contributed by atoms with Crippen LogP contribution in [-0.4, -0.2) is 4.92 Å². The number of hydrogen-bond acceptors (Lipinski definition) is 6. The lowest BCUT2D eigenvalue weighted by Gasteiger charge is -2.09. The van der Waals surface area contributed by atoms with E-state index in [0.29, 0.717) is 0 Å². The summed E-state index contributed by atoms with van der Waals surface area (Å²) >= 11 is 3.87. The van der Waals surface area contributed by atoms with Crippen LogP contribution >= 0.6 is 12.6 Å². The number of nitro groups is 1. The van der Waals surface area contributed by atoms with Gasteiger partial charge in [-0.25, -0.2) is 4.39 Å². The van der Waals surface area contributed by atoms with Gasteiger partial charge in [0.2, 0.25) is 5.75 Å². The van der Waals surface area contributed by atoms with E-state index in [1.54, 1.807) is 0 Å². The highest BCUT2D eigenvalue weighted by molar-refractivity contribution is 7.80. The van der Waals surface area contributed by atoms with E-state index in [0.717, 1.165) is 12.1 Å². The van der Waals surface area contributed by atoms with Crippen molar-refractivity contribution in [1.82, 2.24) is 0 Å². The summed E-state index contributed by atoms with van der Waals surface area (Å²) < 4.78 is 18.8. The zero-order chi connectivity index (χ0) is 16.3. The summed E-state index contributed by atoms with van der Waals surface area (Å²) in [6.07, 6.45) is 0. The summed E-state index contributed by atoms with van der Waals surface area (Å²) in [7, 11) is 0. The highest BCUT2D eigenvalue weighted by Crippen LogP contribution is 2.38. The van der Waals surface area contributed by atoms with Crippen LogP contribution in [0.2, 0.25) is 0 Å². The van der Waals surface area contributed by atoms with Crippen LogP contribution in [0.25, 0.3) is 0 Å². The Balaban J connectivity index is 2.57. The molecule has 0 saturated carbocycles. The van der Waals surface area contributed by atoms with Crippen molar-refractivity contribution >= 4 is 18.3 Å². The van der Waals surface area contributed by atoms with E-state index in [-0.39, 0.29) is 21.8 Å². The molecule has 22 heavy (non-hydrogen) atoms. The molecule has 0 heterocycles. The Kier molecular flexibility index (Phi) is 4.25. The molecule has 0 unspecified atom stereocenters. The minimum Gasteiger partial charge on any atom is -0.449 e. The van der Waals surface area contributed by atoms with Crippen molar-refractivity contribution < 1.29 is 14.1 Å². The fourth-order valence-electron chi connectivity index (χ4n) is 1.69. The number of halogens is 1. The average molecular weight is 315 g/mol. The van der Waals surface area contributed by atoms with Crippen LogP contribution in [-0.2, 0) is 0 Å². The zero-order valence-electron chi connectivity index (χ0n) is 10.8. The van der Waals surface area contributed by atoms with Crippen molar-refractivity contribution in [3.05, 3.63) is 57.4 Å². The monoisotopic (exact) mass is 315 g/mol. The van der Waals surface area contributed by atoms with Crippen molar-refractivity contribution in [1.29, 1.82) is 10.5 Å². The number of nitriles is 2. The molecule has 0 fully saturated rings. The van der Waals surface area contributed by atoms with Crippen LogP contribution in [0.1, 0.15) is 11.1 Å². The fraction of sp³-hybridized carbons (Fsp3) is 0. The molecule has 2 aromatic carbocycles. The molecule has 0 aromatic heterocycles. The first-order valence-electron chi connectivity index (χ1n) is 5.75. The fourth-order valence-corrected chi connectivity index (χ4v) is 1.92. The second-order valence-corrected chi connectivity index (χ2v) is 4.52. The molecule has 108 valence electrons. The van der Waals surface area contributed by atoms with E-state index in [9.17, 15) is 14.5 Å². The third-order valence-corrected chi connectivity index (χ3v) is 3.06. The summed E-state index contributed by atoms with van der Waals surface area (Å²) in [5.74, 6) is -1.19. The topological polar surface area (TPSA) is 100.0 Å². The molecule has 0 aliphatic carbocycles. The van der Waals surface area contributed by atoms with E-state index < -0.39 is 22.2 Å². The quantitative estimate of drug-likeness (QED) is 0.530. The third-order valence-electron chi connectivity index (χ3n) is 2.64. The van der Waals surface area contributed by atoms with E-state index in [4.69, 9.17) is 15.3 Å². The summed E-state index contributed by atoms with van der Waals surface area (Å²) in [5, 5.41) is 28.8. The van der Waals surface area contributed by atoms with Gasteiger partial charge in [-0.05, 0) is 24.3 Å². The van der Waals surface area contributed by atoms with Gasteiger partial charge in [-0.2, -0.15) is 10.5 Å². The number of rotatable bonds is 3. The smallest absolute Gasteiger partial charge is 0.312 e. The van der Waals surface area contributed by atoms with Gasteiger partial charge < -0.3 is 4.74 Å². The van der Waals surface area contributed by atoms with Crippen LogP contribution in [0.4, 0.5) is 10.1 Å². The number of nitro benzene ring substituents is 1.